The minimum absolute atomic E-state index is 0.0865. The lowest BCUT2D eigenvalue weighted by Crippen LogP contribution is -2.48. The third kappa shape index (κ3) is 5.72. The molecular weight excluding hydrogens is 564 g/mol. The molecule has 3 aromatic carbocycles. The van der Waals surface area contributed by atoms with Crippen molar-refractivity contribution in [2.24, 2.45) is 0 Å². The molecule has 222 valence electrons. The number of benzene rings is 3. The van der Waals surface area contributed by atoms with Gasteiger partial charge in [0.15, 0.2) is 11.5 Å². The topological polar surface area (TPSA) is 86.1 Å². The van der Waals surface area contributed by atoms with Crippen molar-refractivity contribution in [1.29, 1.82) is 0 Å². The van der Waals surface area contributed by atoms with E-state index < -0.39 is 0 Å². The second-order valence-electron chi connectivity index (χ2n) is 10.5. The SMILES string of the molecule is COc1ccc(C2SCC(=O)N(CC(=O)N3CCOCC3)c3c2c(-c2ccccc2)nn3-c2ccc(C)cc2)cc1OC. The maximum atomic E-state index is 14.0. The van der Waals surface area contributed by atoms with Gasteiger partial charge in [0.1, 0.15) is 12.4 Å². The maximum Gasteiger partial charge on any atom is 0.242 e. The number of hydrogen-bond donors (Lipinski definition) is 0. The van der Waals surface area contributed by atoms with Gasteiger partial charge in [0.05, 0.1) is 49.8 Å². The highest BCUT2D eigenvalue weighted by atomic mass is 32.2. The Bertz CT molecular complexity index is 1620. The van der Waals surface area contributed by atoms with Gasteiger partial charge >= 0.3 is 0 Å². The summed E-state index contributed by atoms with van der Waals surface area (Å²) < 4.78 is 18.5. The summed E-state index contributed by atoms with van der Waals surface area (Å²) in [6.45, 7) is 3.93. The quantitative estimate of drug-likeness (QED) is 0.299. The van der Waals surface area contributed by atoms with Crippen LogP contribution in [0.25, 0.3) is 16.9 Å². The average Bonchev–Trinajstić information content (AvgIpc) is 3.38. The van der Waals surface area contributed by atoms with Gasteiger partial charge in [-0.15, -0.1) is 11.8 Å². The summed E-state index contributed by atoms with van der Waals surface area (Å²) in [6.07, 6.45) is 0. The average molecular weight is 599 g/mol. The summed E-state index contributed by atoms with van der Waals surface area (Å²) in [4.78, 5) is 31.0. The van der Waals surface area contributed by atoms with E-state index in [2.05, 4.69) is 0 Å². The largest absolute Gasteiger partial charge is 0.493 e. The van der Waals surface area contributed by atoms with E-state index in [0.29, 0.717) is 43.6 Å². The molecule has 9 nitrogen and oxygen atoms in total. The first-order valence-electron chi connectivity index (χ1n) is 14.2. The maximum absolute atomic E-state index is 14.0. The van der Waals surface area contributed by atoms with E-state index in [1.807, 2.05) is 84.4 Å². The van der Waals surface area contributed by atoms with Gasteiger partial charge in [0.25, 0.3) is 0 Å². The molecule has 3 heterocycles. The van der Waals surface area contributed by atoms with Crippen LogP contribution in [0.4, 0.5) is 5.82 Å². The second-order valence-corrected chi connectivity index (χ2v) is 11.6. The molecule has 10 heteroatoms. The van der Waals surface area contributed by atoms with E-state index in [0.717, 1.165) is 33.6 Å². The highest BCUT2D eigenvalue weighted by Gasteiger charge is 2.38. The lowest BCUT2D eigenvalue weighted by atomic mass is 9.99. The Morgan fingerprint density at radius 1 is 0.977 bits per heavy atom. The van der Waals surface area contributed by atoms with Crippen molar-refractivity contribution < 1.29 is 23.8 Å². The molecule has 1 saturated heterocycles. The van der Waals surface area contributed by atoms with E-state index in [9.17, 15) is 9.59 Å². The number of morpholine rings is 1. The minimum atomic E-state index is -0.281. The Morgan fingerprint density at radius 2 is 1.70 bits per heavy atom. The van der Waals surface area contributed by atoms with Crippen molar-refractivity contribution in [3.8, 4) is 28.4 Å². The monoisotopic (exact) mass is 598 g/mol. The highest BCUT2D eigenvalue weighted by molar-refractivity contribution is 8.00. The molecule has 2 amide bonds. The van der Waals surface area contributed by atoms with Gasteiger partial charge in [0.2, 0.25) is 11.8 Å². The number of ether oxygens (including phenoxy) is 3. The van der Waals surface area contributed by atoms with Crippen LogP contribution in [-0.4, -0.2) is 79.3 Å². The predicted octanol–water partition coefficient (Wildman–Crippen LogP) is 4.89. The number of amides is 2. The summed E-state index contributed by atoms with van der Waals surface area (Å²) >= 11 is 1.52. The zero-order valence-electron chi connectivity index (χ0n) is 24.5. The van der Waals surface area contributed by atoms with Crippen LogP contribution in [0.15, 0.2) is 72.8 Å². The summed E-state index contributed by atoms with van der Waals surface area (Å²) in [5, 5.41) is 4.89. The Labute approximate surface area is 255 Å². The molecule has 2 aliphatic heterocycles. The van der Waals surface area contributed by atoms with Gasteiger partial charge in [-0.05, 0) is 36.8 Å². The Hall–Kier alpha value is -4.28. The fraction of sp³-hybridized carbons (Fsp3) is 0.303. The van der Waals surface area contributed by atoms with Gasteiger partial charge in [-0.1, -0.05) is 54.1 Å². The number of thioether (sulfide) groups is 1. The number of hydrogen-bond acceptors (Lipinski definition) is 7. The third-order valence-electron chi connectivity index (χ3n) is 7.78. The van der Waals surface area contributed by atoms with Crippen molar-refractivity contribution in [3.63, 3.8) is 0 Å². The lowest BCUT2D eigenvalue weighted by Gasteiger charge is -2.30. The van der Waals surface area contributed by atoms with Crippen LogP contribution < -0.4 is 14.4 Å². The number of methoxy groups -OCH3 is 2. The van der Waals surface area contributed by atoms with E-state index in [1.165, 1.54) is 11.8 Å². The molecule has 0 spiro atoms. The minimum Gasteiger partial charge on any atom is -0.493 e. The first kappa shape index (κ1) is 28.8. The Morgan fingerprint density at radius 3 is 2.40 bits per heavy atom. The molecule has 4 aromatic rings. The van der Waals surface area contributed by atoms with Crippen LogP contribution in [0.1, 0.15) is 21.9 Å². The molecule has 0 aliphatic carbocycles. The molecule has 1 atom stereocenters. The molecule has 6 rings (SSSR count). The zero-order chi connectivity index (χ0) is 29.9. The van der Waals surface area contributed by atoms with Crippen molar-refractivity contribution in [3.05, 3.63) is 89.5 Å². The number of fused-ring (bicyclic) bond motifs is 1. The van der Waals surface area contributed by atoms with Crippen LogP contribution in [0.5, 0.6) is 11.5 Å². The number of nitrogens with zero attached hydrogens (tertiary/aromatic N) is 4. The summed E-state index contributed by atoms with van der Waals surface area (Å²) in [5.74, 6) is 1.74. The number of aryl methyl sites for hydroxylation is 1. The second kappa shape index (κ2) is 12.5. The zero-order valence-corrected chi connectivity index (χ0v) is 25.3. The molecule has 1 aromatic heterocycles. The number of aromatic nitrogens is 2. The Kier molecular flexibility index (Phi) is 8.40. The molecule has 0 N–H and O–H groups in total. The van der Waals surface area contributed by atoms with Crippen LogP contribution in [0.3, 0.4) is 0 Å². The van der Waals surface area contributed by atoms with Gasteiger partial charge in [-0.2, -0.15) is 5.10 Å². The van der Waals surface area contributed by atoms with Gasteiger partial charge < -0.3 is 19.1 Å². The fourth-order valence-electron chi connectivity index (χ4n) is 5.52. The molecule has 2 aliphatic rings. The first-order chi connectivity index (χ1) is 21.0. The van der Waals surface area contributed by atoms with E-state index in [4.69, 9.17) is 19.3 Å². The van der Waals surface area contributed by atoms with Gasteiger partial charge in [-0.25, -0.2) is 4.68 Å². The van der Waals surface area contributed by atoms with Crippen molar-refractivity contribution in [2.75, 3.05) is 57.7 Å². The Balaban J connectivity index is 1.58. The van der Waals surface area contributed by atoms with Crippen molar-refractivity contribution >= 4 is 29.4 Å². The number of carbonyl (C=O) groups is 2. The van der Waals surface area contributed by atoms with Gasteiger partial charge in [-0.3, -0.25) is 14.5 Å². The molecule has 0 saturated carbocycles. The first-order valence-corrected chi connectivity index (χ1v) is 15.3. The molecule has 43 heavy (non-hydrogen) atoms. The highest BCUT2D eigenvalue weighted by Crippen LogP contribution is 2.49. The molecule has 1 fully saturated rings. The summed E-state index contributed by atoms with van der Waals surface area (Å²) in [7, 11) is 3.22. The van der Waals surface area contributed by atoms with Crippen LogP contribution in [0, 0.1) is 6.92 Å². The summed E-state index contributed by atoms with van der Waals surface area (Å²) in [5.41, 5.74) is 5.40. The van der Waals surface area contributed by atoms with Crippen LogP contribution in [-0.2, 0) is 14.3 Å². The van der Waals surface area contributed by atoms with Crippen molar-refractivity contribution in [2.45, 2.75) is 12.2 Å². The number of anilines is 1. The van der Waals surface area contributed by atoms with Gasteiger partial charge in [0, 0.05) is 24.2 Å². The standard InChI is InChI=1S/C33H34N4O5S/c1-22-9-12-25(13-10-22)37-33-30(31(34-37)23-7-5-4-6-8-23)32(24-11-14-26(40-2)27(19-24)41-3)43-21-29(39)36(33)20-28(38)35-15-17-42-18-16-35/h4-14,19,32H,15-18,20-21H2,1-3H3. The number of rotatable bonds is 7. The smallest absolute Gasteiger partial charge is 0.242 e. The van der Waals surface area contributed by atoms with E-state index >= 15 is 0 Å². The molecule has 1 unspecified atom stereocenters. The molecule has 0 bridgehead atoms. The summed E-state index contributed by atoms with van der Waals surface area (Å²) in [6, 6.07) is 23.8. The molecular formula is C33H34N4O5S. The normalized spacial score (nSPS) is 16.9. The van der Waals surface area contributed by atoms with Crippen LogP contribution >= 0.6 is 11.8 Å². The third-order valence-corrected chi connectivity index (χ3v) is 9.04. The fourth-order valence-corrected chi connectivity index (χ4v) is 6.71. The van der Waals surface area contributed by atoms with Crippen LogP contribution in [0.2, 0.25) is 0 Å². The van der Waals surface area contributed by atoms with E-state index in [-0.39, 0.29) is 29.4 Å². The lowest BCUT2D eigenvalue weighted by molar-refractivity contribution is -0.134. The molecule has 0 radical (unpaired) electrons. The number of carbonyl (C=O) groups excluding carboxylic acids is 2. The van der Waals surface area contributed by atoms with E-state index in [1.54, 1.807) is 24.0 Å². The predicted molar refractivity (Wildman–Crippen MR) is 167 cm³/mol. The van der Waals surface area contributed by atoms with Crippen molar-refractivity contribution in [1.82, 2.24) is 14.7 Å².